The van der Waals surface area contributed by atoms with Gasteiger partial charge in [-0.2, -0.15) is 0 Å². The van der Waals surface area contributed by atoms with Crippen molar-refractivity contribution in [1.29, 1.82) is 0 Å². The molecule has 2 fully saturated rings. The van der Waals surface area contributed by atoms with Crippen molar-refractivity contribution in [2.24, 2.45) is 5.92 Å². The number of carbonyl (C=O) groups excluding carboxylic acids is 1. The van der Waals surface area contributed by atoms with Crippen molar-refractivity contribution in [3.63, 3.8) is 0 Å². The van der Waals surface area contributed by atoms with E-state index < -0.39 is 5.60 Å². The average molecular weight is 592 g/mol. The zero-order chi connectivity index (χ0) is 30.6. The molecule has 1 saturated carbocycles. The Labute approximate surface area is 258 Å². The Morgan fingerprint density at radius 3 is 2.34 bits per heavy atom. The van der Waals surface area contributed by atoms with Crippen LogP contribution in [0.25, 0.3) is 39.4 Å². The van der Waals surface area contributed by atoms with E-state index in [9.17, 15) is 4.79 Å². The first-order valence-electron chi connectivity index (χ1n) is 15.8. The number of likely N-dealkylation sites (tertiary alicyclic amines) is 1. The Hall–Kier alpha value is -4.40. The van der Waals surface area contributed by atoms with E-state index in [1.54, 1.807) is 0 Å². The van der Waals surface area contributed by atoms with Gasteiger partial charge in [0, 0.05) is 23.7 Å². The maximum Gasteiger partial charge on any atom is 0.411 e. The number of imidazole rings is 2. The van der Waals surface area contributed by atoms with Gasteiger partial charge in [-0.1, -0.05) is 31.2 Å². The molecular weight excluding hydrogens is 550 g/mol. The van der Waals surface area contributed by atoms with Crippen molar-refractivity contribution in [2.75, 3.05) is 0 Å². The highest BCUT2D eigenvalue weighted by Crippen LogP contribution is 2.39. The second-order valence-corrected chi connectivity index (χ2v) is 13.6. The smallest absolute Gasteiger partial charge is 0.411 e. The maximum atomic E-state index is 13.1. The summed E-state index contributed by atoms with van der Waals surface area (Å²) in [5.41, 5.74) is 6.33. The number of aromatic amines is 2. The number of rotatable bonds is 5. The first-order valence-corrected chi connectivity index (χ1v) is 15.8. The second-order valence-electron chi connectivity index (χ2n) is 13.6. The fraction of sp³-hybridized carbons (Fsp3) is 0.429. The van der Waals surface area contributed by atoms with Crippen LogP contribution in [0.15, 0.2) is 61.2 Å². The first kappa shape index (κ1) is 28.4. The van der Waals surface area contributed by atoms with E-state index in [1.165, 1.54) is 19.3 Å². The molecule has 1 aliphatic heterocycles. The molecule has 2 N–H and O–H groups in total. The summed E-state index contributed by atoms with van der Waals surface area (Å²) in [4.78, 5) is 36.3. The molecule has 0 spiro atoms. The highest BCUT2D eigenvalue weighted by atomic mass is 16.6. The Morgan fingerprint density at radius 2 is 1.59 bits per heavy atom. The number of carbonyl (C=O) groups is 1. The Balaban J connectivity index is 1.13. The van der Waals surface area contributed by atoms with Gasteiger partial charge >= 0.3 is 6.09 Å². The van der Waals surface area contributed by atoms with E-state index in [-0.39, 0.29) is 18.2 Å². The predicted molar refractivity (Wildman–Crippen MR) is 171 cm³/mol. The van der Waals surface area contributed by atoms with E-state index >= 15 is 0 Å². The minimum absolute atomic E-state index is 0.0796. The van der Waals surface area contributed by atoms with E-state index in [1.807, 2.05) is 50.3 Å². The molecule has 9 nitrogen and oxygen atoms in total. The van der Waals surface area contributed by atoms with Gasteiger partial charge in [0.05, 0.1) is 47.2 Å². The molecule has 4 aromatic heterocycles. The quantitative estimate of drug-likeness (QED) is 0.215. The molecule has 5 aromatic rings. The Bertz CT molecular complexity index is 1790. The standard InChI is InChI=1S/C35H41N7O2/c1-21-8-10-25(17-21)32-37-18-26(39-32)23-11-13-24(14-12-23)30-20-36-31(28-7-6-16-41(28)30)27-19-38-33(40-27)29-15-9-22(2)42(29)34(43)44-35(3,4)5/h6-7,11-14,16,18-22,25,29H,8-10,15,17H2,1-5H3,(H,37,39)(H,38,40)/t21-,22-,25+,29-/m0/s1. The van der Waals surface area contributed by atoms with Crippen LogP contribution in [0.4, 0.5) is 4.79 Å². The van der Waals surface area contributed by atoms with Crippen LogP contribution in [-0.4, -0.2) is 52.0 Å². The van der Waals surface area contributed by atoms with Gasteiger partial charge in [0.2, 0.25) is 0 Å². The molecule has 44 heavy (non-hydrogen) atoms. The number of amides is 1. The number of H-pyrrole nitrogens is 2. The molecule has 1 amide bonds. The lowest BCUT2D eigenvalue weighted by atomic mass is 10.1. The molecule has 2 aliphatic rings. The molecule has 0 unspecified atom stereocenters. The molecule has 4 atom stereocenters. The summed E-state index contributed by atoms with van der Waals surface area (Å²) >= 11 is 0. The topological polar surface area (TPSA) is 104 Å². The van der Waals surface area contributed by atoms with Crippen molar-refractivity contribution in [3.8, 4) is 33.9 Å². The molecule has 7 rings (SSSR count). The van der Waals surface area contributed by atoms with Crippen LogP contribution in [0.1, 0.15) is 90.3 Å². The third-order valence-corrected chi connectivity index (χ3v) is 9.17. The molecule has 1 saturated heterocycles. The second kappa shape index (κ2) is 10.9. The molecule has 5 heterocycles. The molecule has 1 aromatic carbocycles. The Morgan fingerprint density at radius 1 is 0.864 bits per heavy atom. The first-order chi connectivity index (χ1) is 21.1. The SMILES string of the molecule is C[C@H]1CC[C@@H](c2ncc(-c3ccc(-c4cnc(-c5cnc([C@@H]6CC[C@H](C)N6C(=O)OC(C)(C)C)[nH]5)c5cccn45)cc3)[nH]2)C1. The summed E-state index contributed by atoms with van der Waals surface area (Å²) in [5.74, 6) is 3.19. The number of ether oxygens (including phenoxy) is 1. The number of aromatic nitrogens is 6. The van der Waals surface area contributed by atoms with Gasteiger partial charge in [-0.3, -0.25) is 9.88 Å². The van der Waals surface area contributed by atoms with Crippen LogP contribution >= 0.6 is 0 Å². The lowest BCUT2D eigenvalue weighted by molar-refractivity contribution is 0.0151. The van der Waals surface area contributed by atoms with Gasteiger partial charge in [-0.05, 0) is 83.4 Å². The van der Waals surface area contributed by atoms with Gasteiger partial charge in [0.15, 0.2) is 0 Å². The summed E-state index contributed by atoms with van der Waals surface area (Å²) in [6, 6.07) is 12.6. The van der Waals surface area contributed by atoms with Crippen LogP contribution < -0.4 is 0 Å². The van der Waals surface area contributed by atoms with E-state index in [2.05, 4.69) is 64.7 Å². The molecule has 0 radical (unpaired) electrons. The van der Waals surface area contributed by atoms with Gasteiger partial charge in [0.1, 0.15) is 22.9 Å². The molecule has 0 bridgehead atoms. The lowest BCUT2D eigenvalue weighted by Crippen LogP contribution is -2.40. The third-order valence-electron chi connectivity index (χ3n) is 9.17. The minimum atomic E-state index is -0.554. The largest absolute Gasteiger partial charge is 0.444 e. The zero-order valence-electron chi connectivity index (χ0n) is 26.2. The van der Waals surface area contributed by atoms with Gasteiger partial charge < -0.3 is 19.1 Å². The fourth-order valence-electron chi connectivity index (χ4n) is 6.93. The van der Waals surface area contributed by atoms with Gasteiger partial charge in [-0.25, -0.2) is 14.8 Å². The highest BCUT2D eigenvalue weighted by Gasteiger charge is 2.39. The number of hydrogen-bond acceptors (Lipinski definition) is 5. The lowest BCUT2D eigenvalue weighted by Gasteiger charge is -2.30. The summed E-state index contributed by atoms with van der Waals surface area (Å²) in [5, 5.41) is 0. The summed E-state index contributed by atoms with van der Waals surface area (Å²) < 4.78 is 7.89. The molecular formula is C35H41N7O2. The van der Waals surface area contributed by atoms with Gasteiger partial charge in [0.25, 0.3) is 0 Å². The zero-order valence-corrected chi connectivity index (χ0v) is 26.2. The minimum Gasteiger partial charge on any atom is -0.444 e. The monoisotopic (exact) mass is 591 g/mol. The number of hydrogen-bond donors (Lipinski definition) is 2. The predicted octanol–water partition coefficient (Wildman–Crippen LogP) is 8.15. The third kappa shape index (κ3) is 5.29. The van der Waals surface area contributed by atoms with Gasteiger partial charge in [-0.15, -0.1) is 0 Å². The summed E-state index contributed by atoms with van der Waals surface area (Å²) in [6.07, 6.45) is 12.9. The van der Waals surface area contributed by atoms with Crippen LogP contribution in [0.3, 0.4) is 0 Å². The van der Waals surface area contributed by atoms with Crippen molar-refractivity contribution >= 4 is 11.6 Å². The molecule has 9 heteroatoms. The van der Waals surface area contributed by atoms with Crippen molar-refractivity contribution < 1.29 is 9.53 Å². The van der Waals surface area contributed by atoms with E-state index in [4.69, 9.17) is 19.7 Å². The van der Waals surface area contributed by atoms with E-state index in [0.29, 0.717) is 5.92 Å². The van der Waals surface area contributed by atoms with Crippen LogP contribution in [0.2, 0.25) is 0 Å². The van der Waals surface area contributed by atoms with Crippen LogP contribution in [-0.2, 0) is 4.74 Å². The van der Waals surface area contributed by atoms with Crippen molar-refractivity contribution in [3.05, 3.63) is 72.8 Å². The fourth-order valence-corrected chi connectivity index (χ4v) is 6.93. The highest BCUT2D eigenvalue weighted by molar-refractivity contribution is 5.78. The summed E-state index contributed by atoms with van der Waals surface area (Å²) in [7, 11) is 0. The average Bonchev–Trinajstić information content (AvgIpc) is 3.81. The molecule has 1 aliphatic carbocycles. The number of nitrogens with zero attached hydrogens (tertiary/aromatic N) is 5. The number of fused-ring (bicyclic) bond motifs is 1. The van der Waals surface area contributed by atoms with Crippen molar-refractivity contribution in [2.45, 2.75) is 90.3 Å². The molecule has 228 valence electrons. The van der Waals surface area contributed by atoms with E-state index in [0.717, 1.165) is 69.8 Å². The maximum absolute atomic E-state index is 13.1. The van der Waals surface area contributed by atoms with Crippen molar-refractivity contribution in [1.82, 2.24) is 34.2 Å². The van der Waals surface area contributed by atoms with Crippen LogP contribution in [0.5, 0.6) is 0 Å². The number of benzene rings is 1. The number of nitrogens with one attached hydrogen (secondary N) is 2. The van der Waals surface area contributed by atoms with Crippen LogP contribution in [0, 0.1) is 5.92 Å². The Kier molecular flexibility index (Phi) is 7.06. The normalized spacial score (nSPS) is 22.2. The summed E-state index contributed by atoms with van der Waals surface area (Å²) in [6.45, 7) is 10.1.